The lowest BCUT2D eigenvalue weighted by atomic mass is 9.99. The van der Waals surface area contributed by atoms with Crippen LogP contribution in [0.3, 0.4) is 0 Å². The Morgan fingerprint density at radius 2 is 1.89 bits per heavy atom. The molecular weight excluding hydrogens is 362 g/mol. The molecule has 1 aliphatic rings. The summed E-state index contributed by atoms with van der Waals surface area (Å²) < 4.78 is 0. The Morgan fingerprint density at radius 3 is 2.59 bits per heavy atom. The number of nitrogens with zero attached hydrogens (tertiary/aromatic N) is 5. The van der Waals surface area contributed by atoms with E-state index in [1.807, 2.05) is 18.2 Å². The third-order valence-electron chi connectivity index (χ3n) is 4.78. The van der Waals surface area contributed by atoms with Gasteiger partial charge >= 0.3 is 0 Å². The third kappa shape index (κ3) is 3.95. The van der Waals surface area contributed by atoms with Crippen molar-refractivity contribution in [1.29, 1.82) is 0 Å². The molecule has 0 aliphatic carbocycles. The fourth-order valence-electron chi connectivity index (χ4n) is 3.26. The first kappa shape index (κ1) is 17.5. The van der Waals surface area contributed by atoms with Crippen LogP contribution in [0.1, 0.15) is 18.4 Å². The van der Waals surface area contributed by atoms with Gasteiger partial charge in [0.05, 0.1) is 18.1 Å². The van der Waals surface area contributed by atoms with Crippen LogP contribution in [0.2, 0.25) is 5.15 Å². The van der Waals surface area contributed by atoms with E-state index in [1.54, 1.807) is 42.0 Å². The maximum atomic E-state index is 12.7. The van der Waals surface area contributed by atoms with Gasteiger partial charge in [-0.25, -0.2) is 9.97 Å². The van der Waals surface area contributed by atoms with Gasteiger partial charge in [-0.2, -0.15) is 0 Å². The Bertz CT molecular complexity index is 915. The van der Waals surface area contributed by atoms with Gasteiger partial charge < -0.3 is 0 Å². The molecule has 0 radical (unpaired) electrons. The van der Waals surface area contributed by atoms with Crippen molar-refractivity contribution in [3.05, 3.63) is 66.0 Å². The summed E-state index contributed by atoms with van der Waals surface area (Å²) in [4.78, 5) is 31.5. The molecule has 0 saturated carbocycles. The van der Waals surface area contributed by atoms with Gasteiger partial charge in [-0.3, -0.25) is 19.7 Å². The summed E-state index contributed by atoms with van der Waals surface area (Å²) in [5.41, 5.74) is 2.80. The Morgan fingerprint density at radius 1 is 1.04 bits per heavy atom. The predicted octanol–water partition coefficient (Wildman–Crippen LogP) is 3.57. The molecule has 0 unspecified atom stereocenters. The second-order valence-electron chi connectivity index (χ2n) is 6.50. The minimum Gasteiger partial charge on any atom is -0.295 e. The molecule has 1 saturated heterocycles. The number of carbonyl (C=O) groups excluding carboxylic acids is 1. The molecule has 1 amide bonds. The van der Waals surface area contributed by atoms with Crippen molar-refractivity contribution in [2.45, 2.75) is 19.3 Å². The Labute approximate surface area is 162 Å². The minimum absolute atomic E-state index is 0.00218. The molecule has 0 aromatic carbocycles. The first-order chi connectivity index (χ1) is 13.2. The first-order valence-corrected chi connectivity index (χ1v) is 9.23. The predicted molar refractivity (Wildman–Crippen MR) is 103 cm³/mol. The lowest BCUT2D eigenvalue weighted by molar-refractivity contribution is -0.120. The number of aromatic nitrogens is 4. The van der Waals surface area contributed by atoms with Gasteiger partial charge in [-0.15, -0.1) is 0 Å². The molecule has 3 aromatic rings. The quantitative estimate of drug-likeness (QED) is 0.633. The van der Waals surface area contributed by atoms with Crippen LogP contribution in [0.25, 0.3) is 11.3 Å². The van der Waals surface area contributed by atoms with E-state index in [-0.39, 0.29) is 11.8 Å². The van der Waals surface area contributed by atoms with Gasteiger partial charge in [-0.1, -0.05) is 17.7 Å². The van der Waals surface area contributed by atoms with Crippen LogP contribution in [0.15, 0.2) is 55.2 Å². The maximum absolute atomic E-state index is 12.7. The van der Waals surface area contributed by atoms with Gasteiger partial charge in [0.25, 0.3) is 0 Å². The van der Waals surface area contributed by atoms with Crippen LogP contribution in [0, 0.1) is 5.92 Å². The van der Waals surface area contributed by atoms with E-state index in [2.05, 4.69) is 19.9 Å². The molecule has 3 aromatic heterocycles. The highest BCUT2D eigenvalue weighted by molar-refractivity contribution is 6.29. The summed E-state index contributed by atoms with van der Waals surface area (Å²) in [5.74, 6) is 0.721. The summed E-state index contributed by atoms with van der Waals surface area (Å²) in [6.45, 7) is 0.672. The molecule has 7 heteroatoms. The molecule has 0 spiro atoms. The number of halogens is 1. The Kier molecular flexibility index (Phi) is 5.07. The van der Waals surface area contributed by atoms with Crippen molar-refractivity contribution < 1.29 is 4.79 Å². The zero-order chi connectivity index (χ0) is 18.6. The van der Waals surface area contributed by atoms with Crippen molar-refractivity contribution in [1.82, 2.24) is 19.9 Å². The van der Waals surface area contributed by atoms with E-state index >= 15 is 0 Å². The van der Waals surface area contributed by atoms with Crippen LogP contribution in [0.4, 0.5) is 5.82 Å². The zero-order valence-corrected chi connectivity index (χ0v) is 15.4. The number of anilines is 1. The van der Waals surface area contributed by atoms with Gasteiger partial charge in [0.1, 0.15) is 5.15 Å². The van der Waals surface area contributed by atoms with Crippen LogP contribution in [-0.2, 0) is 11.2 Å². The number of pyridine rings is 2. The summed E-state index contributed by atoms with van der Waals surface area (Å²) in [6.07, 6.45) is 11.0. The molecule has 4 rings (SSSR count). The van der Waals surface area contributed by atoms with Crippen LogP contribution in [-0.4, -0.2) is 32.4 Å². The Balaban J connectivity index is 1.40. The number of amides is 1. The first-order valence-electron chi connectivity index (χ1n) is 8.85. The van der Waals surface area contributed by atoms with Crippen LogP contribution in [0.5, 0.6) is 0 Å². The summed E-state index contributed by atoms with van der Waals surface area (Å²) in [5, 5.41) is 0.482. The summed E-state index contributed by atoms with van der Waals surface area (Å²) in [7, 11) is 0. The molecule has 6 nitrogen and oxygen atoms in total. The molecule has 4 heterocycles. The van der Waals surface area contributed by atoms with Crippen molar-refractivity contribution in [3.8, 4) is 11.3 Å². The second kappa shape index (κ2) is 7.80. The average molecular weight is 380 g/mol. The molecule has 0 bridgehead atoms. The summed E-state index contributed by atoms with van der Waals surface area (Å²) in [6, 6.07) is 7.49. The largest absolute Gasteiger partial charge is 0.295 e. The van der Waals surface area contributed by atoms with E-state index in [0.717, 1.165) is 36.1 Å². The van der Waals surface area contributed by atoms with E-state index < -0.39 is 0 Å². The van der Waals surface area contributed by atoms with E-state index in [9.17, 15) is 4.79 Å². The summed E-state index contributed by atoms with van der Waals surface area (Å²) >= 11 is 5.81. The van der Waals surface area contributed by atoms with Gasteiger partial charge in [-0.05, 0) is 43.0 Å². The standard InChI is InChI=1S/C20H18ClN5O/c21-18-4-2-14(11-24-18)1-3-16-7-10-26(20(16)27)19-13-23-17(12-25-19)15-5-8-22-9-6-15/h2,4-6,8-9,11-13,16H,1,3,7,10H2/t16-/m0/s1. The number of hydrogen-bond acceptors (Lipinski definition) is 5. The number of rotatable bonds is 5. The van der Waals surface area contributed by atoms with Crippen molar-refractivity contribution in [2.24, 2.45) is 5.92 Å². The average Bonchev–Trinajstić information content (AvgIpc) is 3.09. The molecule has 1 aliphatic heterocycles. The molecule has 136 valence electrons. The fraction of sp³-hybridized carbons (Fsp3) is 0.250. The smallest absolute Gasteiger partial charge is 0.231 e. The van der Waals surface area contributed by atoms with Crippen molar-refractivity contribution in [2.75, 3.05) is 11.4 Å². The third-order valence-corrected chi connectivity index (χ3v) is 5.00. The van der Waals surface area contributed by atoms with Gasteiger partial charge in [0.15, 0.2) is 5.82 Å². The van der Waals surface area contributed by atoms with Crippen LogP contribution < -0.4 is 4.90 Å². The Hall–Kier alpha value is -2.86. The minimum atomic E-state index is 0.00218. The topological polar surface area (TPSA) is 71.9 Å². The van der Waals surface area contributed by atoms with Crippen molar-refractivity contribution in [3.63, 3.8) is 0 Å². The lowest BCUT2D eigenvalue weighted by Crippen LogP contribution is -2.28. The molecule has 27 heavy (non-hydrogen) atoms. The molecule has 1 atom stereocenters. The lowest BCUT2D eigenvalue weighted by Gasteiger charge is -2.15. The highest BCUT2D eigenvalue weighted by atomic mass is 35.5. The highest BCUT2D eigenvalue weighted by Gasteiger charge is 2.32. The monoisotopic (exact) mass is 379 g/mol. The second-order valence-corrected chi connectivity index (χ2v) is 6.89. The number of carbonyl (C=O) groups is 1. The molecule has 1 fully saturated rings. The van der Waals surface area contributed by atoms with Gasteiger partial charge in [0.2, 0.25) is 5.91 Å². The molecule has 0 N–H and O–H groups in total. The normalized spacial score (nSPS) is 16.7. The van der Waals surface area contributed by atoms with E-state index in [0.29, 0.717) is 17.5 Å². The van der Waals surface area contributed by atoms with E-state index in [4.69, 9.17) is 11.6 Å². The van der Waals surface area contributed by atoms with E-state index in [1.165, 1.54) is 0 Å². The molecular formula is C20H18ClN5O. The maximum Gasteiger partial charge on any atom is 0.231 e. The zero-order valence-electron chi connectivity index (χ0n) is 14.6. The number of aryl methyl sites for hydroxylation is 1. The van der Waals surface area contributed by atoms with Crippen LogP contribution >= 0.6 is 11.6 Å². The van der Waals surface area contributed by atoms with Crippen molar-refractivity contribution >= 4 is 23.3 Å². The number of hydrogen-bond donors (Lipinski definition) is 0. The fourth-order valence-corrected chi connectivity index (χ4v) is 3.37. The highest BCUT2D eigenvalue weighted by Crippen LogP contribution is 2.27. The van der Waals surface area contributed by atoms with Gasteiger partial charge in [0, 0.05) is 36.6 Å². The SMILES string of the molecule is O=C1[C@@H](CCc2ccc(Cl)nc2)CCN1c1cnc(-c2ccncc2)cn1.